The van der Waals surface area contributed by atoms with Gasteiger partial charge in [0.1, 0.15) is 11.6 Å². The summed E-state index contributed by atoms with van der Waals surface area (Å²) in [5.41, 5.74) is 1.26. The van der Waals surface area contributed by atoms with Crippen molar-refractivity contribution in [3.63, 3.8) is 0 Å². The van der Waals surface area contributed by atoms with Crippen molar-refractivity contribution in [1.29, 1.82) is 0 Å². The summed E-state index contributed by atoms with van der Waals surface area (Å²) in [6.45, 7) is 0.101. The third-order valence-electron chi connectivity index (χ3n) is 4.99. The van der Waals surface area contributed by atoms with Gasteiger partial charge in [-0.3, -0.25) is 4.79 Å². The molecule has 1 aliphatic rings. The Kier molecular flexibility index (Phi) is 5.19. The number of hydrogen-bond acceptors (Lipinski definition) is 3. The second kappa shape index (κ2) is 7.81. The molecule has 30 heavy (non-hydrogen) atoms. The summed E-state index contributed by atoms with van der Waals surface area (Å²) in [5.74, 6) is -0.881. The van der Waals surface area contributed by atoms with Crippen molar-refractivity contribution in [1.82, 2.24) is 15.1 Å². The lowest BCUT2D eigenvalue weighted by Gasteiger charge is -2.33. The van der Waals surface area contributed by atoms with Crippen LogP contribution in [0.4, 0.5) is 23.4 Å². The Morgan fingerprint density at radius 2 is 1.83 bits per heavy atom. The fraction of sp³-hybridized carbons (Fsp3) is 0.238. The lowest BCUT2D eigenvalue weighted by Crippen LogP contribution is -2.35. The summed E-state index contributed by atoms with van der Waals surface area (Å²) >= 11 is 0. The van der Waals surface area contributed by atoms with E-state index in [1.54, 1.807) is 30.3 Å². The number of carbonyl (C=O) groups excluding carboxylic acids is 1. The minimum Gasteiger partial charge on any atom is -0.363 e. The number of hydrogen-bond donors (Lipinski definition) is 2. The Balaban J connectivity index is 1.56. The standard InChI is InChI=1S/C21H18F4N4O/c22-15-8-6-13(7-9-15)12-26-20(30)17-11-19-27-16(14-4-2-1-3-5-14)10-18(21(23,24)25)29(19)28-17/h1-9,11,16,18,27H,10,12H2,(H,26,30)/t16-,18+/m1/s1. The molecule has 0 saturated heterocycles. The number of nitrogens with one attached hydrogen (secondary N) is 2. The number of fused-ring (bicyclic) bond motifs is 1. The molecule has 3 aromatic rings. The molecule has 1 aliphatic heterocycles. The molecule has 2 aromatic carbocycles. The van der Waals surface area contributed by atoms with Gasteiger partial charge in [-0.15, -0.1) is 0 Å². The summed E-state index contributed by atoms with van der Waals surface area (Å²) in [6, 6.07) is 13.3. The number of amides is 1. The molecular formula is C21H18F4N4O. The topological polar surface area (TPSA) is 59.0 Å². The molecule has 1 aromatic heterocycles. The second-order valence-electron chi connectivity index (χ2n) is 7.07. The van der Waals surface area contributed by atoms with Gasteiger partial charge in [0.25, 0.3) is 5.91 Å². The number of rotatable bonds is 4. The van der Waals surface area contributed by atoms with Crippen molar-refractivity contribution in [2.75, 3.05) is 5.32 Å². The quantitative estimate of drug-likeness (QED) is 0.609. The molecule has 0 unspecified atom stereocenters. The summed E-state index contributed by atoms with van der Waals surface area (Å²) in [6.07, 6.45) is -4.75. The highest BCUT2D eigenvalue weighted by atomic mass is 19.4. The van der Waals surface area contributed by atoms with Gasteiger partial charge in [-0.1, -0.05) is 42.5 Å². The number of aromatic nitrogens is 2. The fourth-order valence-electron chi connectivity index (χ4n) is 3.46. The molecule has 2 N–H and O–H groups in total. The molecule has 0 aliphatic carbocycles. The van der Waals surface area contributed by atoms with Crippen LogP contribution in [0.3, 0.4) is 0 Å². The van der Waals surface area contributed by atoms with Gasteiger partial charge in [-0.05, 0) is 23.3 Å². The number of halogens is 4. The third-order valence-corrected chi connectivity index (χ3v) is 4.99. The molecule has 0 fully saturated rings. The highest BCUT2D eigenvalue weighted by Gasteiger charge is 2.46. The number of benzene rings is 2. The Bertz CT molecular complexity index is 1030. The van der Waals surface area contributed by atoms with Crippen LogP contribution in [0.1, 0.15) is 40.1 Å². The van der Waals surface area contributed by atoms with Gasteiger partial charge >= 0.3 is 6.18 Å². The van der Waals surface area contributed by atoms with Gasteiger partial charge in [0.05, 0.1) is 6.04 Å². The monoisotopic (exact) mass is 418 g/mol. The highest BCUT2D eigenvalue weighted by molar-refractivity contribution is 5.93. The zero-order valence-electron chi connectivity index (χ0n) is 15.7. The number of carbonyl (C=O) groups is 1. The summed E-state index contributed by atoms with van der Waals surface area (Å²) < 4.78 is 54.9. The minimum absolute atomic E-state index is 0.101. The largest absolute Gasteiger partial charge is 0.410 e. The SMILES string of the molecule is O=C(NCc1ccc(F)cc1)c1cc2n(n1)[C@H](C(F)(F)F)C[C@H](c1ccccc1)N2. The first-order chi connectivity index (χ1) is 14.3. The first kappa shape index (κ1) is 19.9. The van der Waals surface area contributed by atoms with E-state index in [0.29, 0.717) is 5.56 Å². The minimum atomic E-state index is -4.52. The van der Waals surface area contributed by atoms with Crippen molar-refractivity contribution in [3.05, 3.63) is 83.3 Å². The average Bonchev–Trinajstić information content (AvgIpc) is 3.16. The zero-order valence-corrected chi connectivity index (χ0v) is 15.7. The molecule has 1 amide bonds. The lowest BCUT2D eigenvalue weighted by molar-refractivity contribution is -0.173. The fourth-order valence-corrected chi connectivity index (χ4v) is 3.46. The van der Waals surface area contributed by atoms with Crippen LogP contribution >= 0.6 is 0 Å². The number of anilines is 1. The van der Waals surface area contributed by atoms with Crippen molar-refractivity contribution in [2.24, 2.45) is 0 Å². The van der Waals surface area contributed by atoms with Gasteiger partial charge in [0.15, 0.2) is 11.7 Å². The van der Waals surface area contributed by atoms with E-state index in [1.165, 1.54) is 30.3 Å². The Labute approximate surface area is 169 Å². The van der Waals surface area contributed by atoms with Gasteiger partial charge in [-0.25, -0.2) is 9.07 Å². The average molecular weight is 418 g/mol. The van der Waals surface area contributed by atoms with E-state index >= 15 is 0 Å². The zero-order chi connectivity index (χ0) is 21.3. The van der Waals surface area contributed by atoms with Crippen LogP contribution in [0.5, 0.6) is 0 Å². The maximum atomic E-state index is 13.7. The van der Waals surface area contributed by atoms with Crippen LogP contribution in [0.2, 0.25) is 0 Å². The first-order valence-electron chi connectivity index (χ1n) is 9.31. The highest BCUT2D eigenvalue weighted by Crippen LogP contribution is 2.43. The van der Waals surface area contributed by atoms with E-state index in [-0.39, 0.29) is 24.5 Å². The predicted molar refractivity (Wildman–Crippen MR) is 102 cm³/mol. The number of alkyl halides is 3. The van der Waals surface area contributed by atoms with Crippen molar-refractivity contribution >= 4 is 11.7 Å². The second-order valence-corrected chi connectivity index (χ2v) is 7.07. The Morgan fingerprint density at radius 1 is 1.13 bits per heavy atom. The maximum Gasteiger partial charge on any atom is 0.410 e. The summed E-state index contributed by atoms with van der Waals surface area (Å²) in [7, 11) is 0. The molecule has 0 radical (unpaired) electrons. The van der Waals surface area contributed by atoms with Crippen LogP contribution < -0.4 is 10.6 Å². The van der Waals surface area contributed by atoms with Crippen molar-refractivity contribution < 1.29 is 22.4 Å². The molecule has 2 heterocycles. The van der Waals surface area contributed by atoms with Gasteiger partial charge in [0.2, 0.25) is 0 Å². The molecule has 0 spiro atoms. The van der Waals surface area contributed by atoms with E-state index in [9.17, 15) is 22.4 Å². The molecule has 4 rings (SSSR count). The molecule has 5 nitrogen and oxygen atoms in total. The van der Waals surface area contributed by atoms with Crippen molar-refractivity contribution in [2.45, 2.75) is 31.2 Å². The Hall–Kier alpha value is -3.36. The third kappa shape index (κ3) is 4.14. The summed E-state index contributed by atoms with van der Waals surface area (Å²) in [4.78, 5) is 12.4. The maximum absolute atomic E-state index is 13.7. The van der Waals surface area contributed by atoms with E-state index in [0.717, 1.165) is 10.2 Å². The number of nitrogens with zero attached hydrogens (tertiary/aromatic N) is 2. The van der Waals surface area contributed by atoms with Crippen LogP contribution in [0.15, 0.2) is 60.7 Å². The van der Waals surface area contributed by atoms with Gasteiger partial charge < -0.3 is 10.6 Å². The smallest absolute Gasteiger partial charge is 0.363 e. The van der Waals surface area contributed by atoms with Gasteiger partial charge in [0, 0.05) is 19.0 Å². The first-order valence-corrected chi connectivity index (χ1v) is 9.31. The predicted octanol–water partition coefficient (Wildman–Crippen LogP) is 4.61. The van der Waals surface area contributed by atoms with Gasteiger partial charge in [-0.2, -0.15) is 18.3 Å². The Morgan fingerprint density at radius 3 is 2.50 bits per heavy atom. The molecule has 156 valence electrons. The molecule has 9 heteroatoms. The van der Waals surface area contributed by atoms with Crippen LogP contribution in [-0.2, 0) is 6.54 Å². The normalized spacial score (nSPS) is 18.4. The van der Waals surface area contributed by atoms with Crippen LogP contribution in [0, 0.1) is 5.82 Å². The van der Waals surface area contributed by atoms with E-state index < -0.39 is 30.0 Å². The summed E-state index contributed by atoms with van der Waals surface area (Å²) in [5, 5.41) is 9.56. The van der Waals surface area contributed by atoms with E-state index in [4.69, 9.17) is 0 Å². The van der Waals surface area contributed by atoms with Crippen LogP contribution in [0.25, 0.3) is 0 Å². The van der Waals surface area contributed by atoms with E-state index in [1.807, 2.05) is 0 Å². The van der Waals surface area contributed by atoms with Crippen molar-refractivity contribution in [3.8, 4) is 0 Å². The molecule has 2 atom stereocenters. The van der Waals surface area contributed by atoms with E-state index in [2.05, 4.69) is 15.7 Å². The molecular weight excluding hydrogens is 400 g/mol. The molecule has 0 saturated carbocycles. The molecule has 0 bridgehead atoms. The van der Waals surface area contributed by atoms with Crippen LogP contribution in [-0.4, -0.2) is 21.9 Å². The lowest BCUT2D eigenvalue weighted by atomic mass is 9.97.